The molecule has 0 fully saturated rings. The fourth-order valence-electron chi connectivity index (χ4n) is 1.08. The van der Waals surface area contributed by atoms with E-state index >= 15 is 0 Å². The molecule has 0 N–H and O–H groups in total. The van der Waals surface area contributed by atoms with E-state index < -0.39 is 5.97 Å². The predicted octanol–water partition coefficient (Wildman–Crippen LogP) is 2.88. The molecular weight excluding hydrogens is 303 g/mol. The number of terminal acetylenes is 1. The summed E-state index contributed by atoms with van der Waals surface area (Å²) in [5, 5.41) is 0. The summed E-state index contributed by atoms with van der Waals surface area (Å²) in [7, 11) is 0. The summed E-state index contributed by atoms with van der Waals surface area (Å²) in [6.45, 7) is 0.00111. The van der Waals surface area contributed by atoms with Gasteiger partial charge in [0.25, 0.3) is 0 Å². The molecule has 0 saturated carbocycles. The molecule has 0 heterocycles. The lowest BCUT2D eigenvalue weighted by Gasteiger charge is -2.04. The molecule has 0 unspecified atom stereocenters. The third kappa shape index (κ3) is 3.40. The second-order valence-corrected chi connectivity index (χ2v) is 3.38. The maximum absolute atomic E-state index is 11.5. The third-order valence-electron chi connectivity index (χ3n) is 1.71. The molecule has 0 amide bonds. The van der Waals surface area contributed by atoms with E-state index in [0.29, 0.717) is 5.56 Å². The number of esters is 1. The van der Waals surface area contributed by atoms with E-state index in [1.54, 1.807) is 12.1 Å². The number of rotatable bonds is 3. The number of carbonyl (C=O) groups excluding carboxylic acids is 1. The van der Waals surface area contributed by atoms with Crippen LogP contribution in [0.5, 0.6) is 0 Å². The molecule has 0 spiro atoms. The van der Waals surface area contributed by atoms with Gasteiger partial charge in [0.15, 0.2) is 6.61 Å². The van der Waals surface area contributed by atoms with Crippen molar-refractivity contribution < 1.29 is 9.53 Å². The molecule has 15 heavy (non-hydrogen) atoms. The van der Waals surface area contributed by atoms with Crippen molar-refractivity contribution in [2.45, 2.75) is 0 Å². The molecule has 3 heteroatoms. The van der Waals surface area contributed by atoms with Crippen LogP contribution in [0.1, 0.15) is 15.9 Å². The highest BCUT2D eigenvalue weighted by atomic mass is 127. The van der Waals surface area contributed by atoms with Crippen molar-refractivity contribution in [3.05, 3.63) is 39.5 Å². The van der Waals surface area contributed by atoms with Crippen LogP contribution in [0.3, 0.4) is 0 Å². The van der Waals surface area contributed by atoms with E-state index in [2.05, 4.69) is 28.5 Å². The molecule has 0 radical (unpaired) electrons. The van der Waals surface area contributed by atoms with Crippen molar-refractivity contribution in [2.75, 3.05) is 6.61 Å². The molecule has 0 aliphatic heterocycles. The predicted molar refractivity (Wildman–Crippen MR) is 68.6 cm³/mol. The standard InChI is InChI=1S/C12H9IO2/c1-2-9-15-12(14)11-6-4-3-5-10(11)7-8-13/h1,3-8H,9H2/b8-7+. The lowest BCUT2D eigenvalue weighted by atomic mass is 10.1. The minimum Gasteiger partial charge on any atom is -0.449 e. The second kappa shape index (κ2) is 6.25. The van der Waals surface area contributed by atoms with E-state index in [4.69, 9.17) is 11.2 Å². The van der Waals surface area contributed by atoms with Crippen LogP contribution >= 0.6 is 22.6 Å². The number of ether oxygens (including phenoxy) is 1. The van der Waals surface area contributed by atoms with E-state index in [-0.39, 0.29) is 6.61 Å². The largest absolute Gasteiger partial charge is 0.449 e. The van der Waals surface area contributed by atoms with Crippen LogP contribution in [-0.2, 0) is 4.74 Å². The van der Waals surface area contributed by atoms with Crippen LogP contribution in [-0.4, -0.2) is 12.6 Å². The SMILES string of the molecule is C#CCOC(=O)c1ccccc1/C=C/I. The summed E-state index contributed by atoms with van der Waals surface area (Å²) in [6, 6.07) is 7.22. The van der Waals surface area contributed by atoms with Gasteiger partial charge in [-0.3, -0.25) is 0 Å². The fraction of sp³-hybridized carbons (Fsp3) is 0.0833. The van der Waals surface area contributed by atoms with Crippen LogP contribution in [0.25, 0.3) is 6.08 Å². The van der Waals surface area contributed by atoms with Crippen molar-refractivity contribution in [1.29, 1.82) is 0 Å². The summed E-state index contributed by atoms with van der Waals surface area (Å²) in [5.41, 5.74) is 1.36. The van der Waals surface area contributed by atoms with Gasteiger partial charge in [-0.05, 0) is 21.8 Å². The topological polar surface area (TPSA) is 26.3 Å². The van der Waals surface area contributed by atoms with E-state index in [1.165, 1.54) is 0 Å². The number of hydrogen-bond donors (Lipinski definition) is 0. The van der Waals surface area contributed by atoms with Gasteiger partial charge in [0.2, 0.25) is 0 Å². The van der Waals surface area contributed by atoms with Gasteiger partial charge in [0, 0.05) is 0 Å². The Kier molecular flexibility index (Phi) is 4.91. The lowest BCUT2D eigenvalue weighted by molar-refractivity contribution is 0.0556. The van der Waals surface area contributed by atoms with Crippen molar-refractivity contribution in [3.8, 4) is 12.3 Å². The van der Waals surface area contributed by atoms with Gasteiger partial charge in [0.05, 0.1) is 5.56 Å². The van der Waals surface area contributed by atoms with Gasteiger partial charge in [-0.1, -0.05) is 46.7 Å². The first kappa shape index (κ1) is 11.8. The molecule has 76 valence electrons. The Balaban J connectivity index is 2.93. The summed E-state index contributed by atoms with van der Waals surface area (Å²) in [6.07, 6.45) is 6.85. The van der Waals surface area contributed by atoms with Gasteiger partial charge in [-0.2, -0.15) is 0 Å². The zero-order valence-corrected chi connectivity index (χ0v) is 10.1. The van der Waals surface area contributed by atoms with Gasteiger partial charge >= 0.3 is 5.97 Å². The molecule has 0 aromatic heterocycles. The van der Waals surface area contributed by atoms with Crippen LogP contribution in [0.4, 0.5) is 0 Å². The van der Waals surface area contributed by atoms with Crippen LogP contribution in [0.2, 0.25) is 0 Å². The molecule has 0 atom stereocenters. The smallest absolute Gasteiger partial charge is 0.339 e. The third-order valence-corrected chi connectivity index (χ3v) is 2.07. The monoisotopic (exact) mass is 312 g/mol. The first-order valence-corrected chi connectivity index (χ1v) is 5.50. The highest BCUT2D eigenvalue weighted by molar-refractivity contribution is 14.1. The minimum absolute atomic E-state index is 0.00111. The molecule has 0 aliphatic rings. The van der Waals surface area contributed by atoms with Gasteiger partial charge in [0.1, 0.15) is 0 Å². The Labute approximate surface area is 102 Å². The summed E-state index contributed by atoms with van der Waals surface area (Å²) in [5.74, 6) is 1.87. The van der Waals surface area contributed by atoms with Gasteiger partial charge in [-0.15, -0.1) is 6.42 Å². The quantitative estimate of drug-likeness (QED) is 0.487. The molecule has 0 bridgehead atoms. The van der Waals surface area contributed by atoms with Crippen molar-refractivity contribution in [3.63, 3.8) is 0 Å². The summed E-state index contributed by atoms with van der Waals surface area (Å²) < 4.78 is 6.69. The van der Waals surface area contributed by atoms with Crippen LogP contribution in [0, 0.1) is 12.3 Å². The zero-order chi connectivity index (χ0) is 11.1. The number of benzene rings is 1. The van der Waals surface area contributed by atoms with Crippen molar-refractivity contribution in [1.82, 2.24) is 0 Å². The Morgan fingerprint density at radius 2 is 2.27 bits per heavy atom. The van der Waals surface area contributed by atoms with E-state index in [9.17, 15) is 4.79 Å². The van der Waals surface area contributed by atoms with E-state index in [1.807, 2.05) is 22.3 Å². The van der Waals surface area contributed by atoms with E-state index in [0.717, 1.165) is 5.56 Å². The van der Waals surface area contributed by atoms with Gasteiger partial charge in [-0.25, -0.2) is 4.79 Å². The molecule has 1 aromatic carbocycles. The maximum atomic E-state index is 11.5. The highest BCUT2D eigenvalue weighted by Gasteiger charge is 2.09. The van der Waals surface area contributed by atoms with Crippen LogP contribution < -0.4 is 0 Å². The normalized spacial score (nSPS) is 9.87. The number of halogens is 1. The summed E-state index contributed by atoms with van der Waals surface area (Å²) >= 11 is 2.09. The first-order chi connectivity index (χ1) is 7.29. The Bertz CT molecular complexity index is 416. The molecule has 1 rings (SSSR count). The second-order valence-electron chi connectivity index (χ2n) is 2.66. The minimum atomic E-state index is -0.391. The highest BCUT2D eigenvalue weighted by Crippen LogP contribution is 2.12. The lowest BCUT2D eigenvalue weighted by Crippen LogP contribution is -2.06. The molecule has 0 aliphatic carbocycles. The average Bonchev–Trinajstić information content (AvgIpc) is 2.27. The molecular formula is C12H9IO2. The maximum Gasteiger partial charge on any atom is 0.339 e. The van der Waals surface area contributed by atoms with Crippen LogP contribution in [0.15, 0.2) is 28.3 Å². The first-order valence-electron chi connectivity index (χ1n) is 4.26. The Morgan fingerprint density at radius 3 is 2.93 bits per heavy atom. The molecule has 0 saturated heterocycles. The number of hydrogen-bond acceptors (Lipinski definition) is 2. The molecule has 1 aromatic rings. The molecule has 2 nitrogen and oxygen atoms in total. The number of carbonyl (C=O) groups is 1. The zero-order valence-electron chi connectivity index (χ0n) is 7.94. The Morgan fingerprint density at radius 1 is 1.53 bits per heavy atom. The average molecular weight is 312 g/mol. The fourth-order valence-corrected chi connectivity index (χ4v) is 1.47. The van der Waals surface area contributed by atoms with Gasteiger partial charge < -0.3 is 4.74 Å². The summed E-state index contributed by atoms with van der Waals surface area (Å²) in [4.78, 5) is 11.5. The Hall–Kier alpha value is -1.28. The van der Waals surface area contributed by atoms with Crippen molar-refractivity contribution >= 4 is 34.6 Å². The van der Waals surface area contributed by atoms with Crippen molar-refractivity contribution in [2.24, 2.45) is 0 Å².